The Morgan fingerprint density at radius 1 is 1.15 bits per heavy atom. The second-order valence-electron chi connectivity index (χ2n) is 5.96. The van der Waals surface area contributed by atoms with Crippen molar-refractivity contribution >= 4 is 11.6 Å². The molecule has 1 fully saturated rings. The third kappa shape index (κ3) is 4.26. The van der Waals surface area contributed by atoms with Crippen LogP contribution in [0.25, 0.3) is 0 Å². The first-order chi connectivity index (χ1) is 12.7. The zero-order chi connectivity index (χ0) is 18.4. The van der Waals surface area contributed by atoms with E-state index in [2.05, 4.69) is 5.32 Å². The molecule has 0 aromatic heterocycles. The van der Waals surface area contributed by atoms with Gasteiger partial charge in [-0.3, -0.25) is 4.79 Å². The number of carbonyl (C=O) groups is 1. The second-order valence-corrected chi connectivity index (χ2v) is 5.96. The Morgan fingerprint density at radius 3 is 2.73 bits per heavy atom. The van der Waals surface area contributed by atoms with E-state index in [0.717, 1.165) is 19.4 Å². The maximum Gasteiger partial charge on any atom is 0.259 e. The lowest BCUT2D eigenvalue weighted by atomic mass is 10.1. The van der Waals surface area contributed by atoms with Gasteiger partial charge in [0, 0.05) is 12.7 Å². The summed E-state index contributed by atoms with van der Waals surface area (Å²) in [5.41, 5.74) is 1.02. The molecular weight excluding hydrogens is 334 g/mol. The Labute approximate surface area is 153 Å². The van der Waals surface area contributed by atoms with Crippen LogP contribution >= 0.6 is 0 Å². The number of para-hydroxylation sites is 1. The molecule has 2 aromatic rings. The van der Waals surface area contributed by atoms with Crippen molar-refractivity contribution < 1.29 is 23.7 Å². The molecule has 0 radical (unpaired) electrons. The summed E-state index contributed by atoms with van der Waals surface area (Å²) in [6, 6.07) is 12.4. The average Bonchev–Trinajstić information content (AvgIpc) is 3.20. The lowest BCUT2D eigenvalue weighted by Crippen LogP contribution is -2.19. The Balaban J connectivity index is 1.73. The molecule has 6 nitrogen and oxygen atoms in total. The van der Waals surface area contributed by atoms with Crippen LogP contribution in [0.2, 0.25) is 0 Å². The van der Waals surface area contributed by atoms with Crippen LogP contribution in [0.4, 0.5) is 5.69 Å². The van der Waals surface area contributed by atoms with Crippen LogP contribution in [0.1, 0.15) is 23.2 Å². The van der Waals surface area contributed by atoms with E-state index in [1.54, 1.807) is 50.6 Å². The van der Waals surface area contributed by atoms with Crippen molar-refractivity contribution in [2.45, 2.75) is 18.9 Å². The number of anilines is 1. The van der Waals surface area contributed by atoms with Crippen LogP contribution in [0.15, 0.2) is 42.5 Å². The molecule has 1 heterocycles. The molecule has 3 rings (SSSR count). The number of amides is 1. The Bertz CT molecular complexity index is 756. The van der Waals surface area contributed by atoms with E-state index in [-0.39, 0.29) is 12.0 Å². The topological polar surface area (TPSA) is 66.0 Å². The van der Waals surface area contributed by atoms with Crippen molar-refractivity contribution in [1.29, 1.82) is 0 Å². The minimum absolute atomic E-state index is 0.0906. The van der Waals surface area contributed by atoms with Gasteiger partial charge in [0.25, 0.3) is 5.91 Å². The van der Waals surface area contributed by atoms with E-state index in [1.165, 1.54) is 0 Å². The monoisotopic (exact) mass is 357 g/mol. The summed E-state index contributed by atoms with van der Waals surface area (Å²) in [6.07, 6.45) is 2.12. The summed E-state index contributed by atoms with van der Waals surface area (Å²) in [4.78, 5) is 12.7. The zero-order valence-corrected chi connectivity index (χ0v) is 15.0. The summed E-state index contributed by atoms with van der Waals surface area (Å²) in [7, 11) is 3.12. The number of methoxy groups -OCH3 is 2. The molecule has 26 heavy (non-hydrogen) atoms. The lowest BCUT2D eigenvalue weighted by molar-refractivity contribution is 0.0673. The molecular formula is C20H23NO5. The summed E-state index contributed by atoms with van der Waals surface area (Å²) < 4.78 is 21.9. The van der Waals surface area contributed by atoms with Gasteiger partial charge in [-0.2, -0.15) is 0 Å². The van der Waals surface area contributed by atoms with Gasteiger partial charge in [-0.25, -0.2) is 0 Å². The second kappa shape index (κ2) is 8.58. The third-order valence-electron chi connectivity index (χ3n) is 4.24. The highest BCUT2D eigenvalue weighted by molar-refractivity contribution is 6.06. The molecule has 1 N–H and O–H groups in total. The fourth-order valence-electron chi connectivity index (χ4n) is 2.83. The number of benzene rings is 2. The number of hydrogen-bond donors (Lipinski definition) is 1. The molecule has 1 atom stereocenters. The van der Waals surface area contributed by atoms with Crippen LogP contribution in [-0.2, 0) is 4.74 Å². The third-order valence-corrected chi connectivity index (χ3v) is 4.24. The van der Waals surface area contributed by atoms with Crippen LogP contribution < -0.4 is 19.5 Å². The summed E-state index contributed by atoms with van der Waals surface area (Å²) in [5.74, 6) is 1.44. The van der Waals surface area contributed by atoms with Crippen LogP contribution in [0.5, 0.6) is 17.2 Å². The maximum absolute atomic E-state index is 12.7. The first-order valence-electron chi connectivity index (χ1n) is 8.58. The van der Waals surface area contributed by atoms with Crippen molar-refractivity contribution in [2.75, 3.05) is 32.8 Å². The smallest absolute Gasteiger partial charge is 0.259 e. The van der Waals surface area contributed by atoms with Gasteiger partial charge in [0.1, 0.15) is 23.9 Å². The normalized spacial score (nSPS) is 16.2. The van der Waals surface area contributed by atoms with Gasteiger partial charge in [-0.05, 0) is 37.1 Å². The van der Waals surface area contributed by atoms with Crippen LogP contribution in [-0.4, -0.2) is 39.4 Å². The van der Waals surface area contributed by atoms with Gasteiger partial charge in [-0.15, -0.1) is 0 Å². The van der Waals surface area contributed by atoms with E-state index >= 15 is 0 Å². The number of hydrogen-bond acceptors (Lipinski definition) is 5. The first-order valence-corrected chi connectivity index (χ1v) is 8.58. The van der Waals surface area contributed by atoms with Crippen LogP contribution in [0.3, 0.4) is 0 Å². The molecule has 1 aliphatic rings. The quantitative estimate of drug-likeness (QED) is 0.821. The maximum atomic E-state index is 12.7. The highest BCUT2D eigenvalue weighted by Crippen LogP contribution is 2.30. The molecule has 0 spiro atoms. The van der Waals surface area contributed by atoms with E-state index in [4.69, 9.17) is 18.9 Å². The predicted molar refractivity (Wildman–Crippen MR) is 98.4 cm³/mol. The number of rotatable bonds is 7. The molecule has 0 bridgehead atoms. The predicted octanol–water partition coefficient (Wildman–Crippen LogP) is 3.51. The van der Waals surface area contributed by atoms with E-state index < -0.39 is 0 Å². The Kier molecular flexibility index (Phi) is 5.96. The minimum atomic E-state index is -0.267. The van der Waals surface area contributed by atoms with Gasteiger partial charge in [0.2, 0.25) is 0 Å². The standard InChI is InChI=1S/C20H23NO5/c1-23-14-9-10-17(19(12-14)24-2)21-20(22)16-7-3-4-8-18(16)26-13-15-6-5-11-25-15/h3-4,7-10,12,15H,5-6,11,13H2,1-2H3,(H,21,22)/t15-/m0/s1. The molecule has 6 heteroatoms. The fraction of sp³-hybridized carbons (Fsp3) is 0.350. The SMILES string of the molecule is COc1ccc(NC(=O)c2ccccc2OC[C@@H]2CCCO2)c(OC)c1. The molecule has 1 aliphatic heterocycles. The number of nitrogens with one attached hydrogen (secondary N) is 1. The average molecular weight is 357 g/mol. The van der Waals surface area contributed by atoms with Crippen LogP contribution in [0, 0.1) is 0 Å². The van der Waals surface area contributed by atoms with E-state index in [0.29, 0.717) is 35.1 Å². The molecule has 138 valence electrons. The summed E-state index contributed by atoms with van der Waals surface area (Å²) in [6.45, 7) is 1.21. The summed E-state index contributed by atoms with van der Waals surface area (Å²) in [5, 5.41) is 2.87. The molecule has 0 unspecified atom stereocenters. The van der Waals surface area contributed by atoms with Gasteiger partial charge < -0.3 is 24.3 Å². The van der Waals surface area contributed by atoms with Crippen molar-refractivity contribution in [1.82, 2.24) is 0 Å². The Hall–Kier alpha value is -2.73. The lowest BCUT2D eigenvalue weighted by Gasteiger charge is -2.15. The van der Waals surface area contributed by atoms with E-state index in [9.17, 15) is 4.79 Å². The first kappa shape index (κ1) is 18.1. The zero-order valence-electron chi connectivity index (χ0n) is 15.0. The van der Waals surface area contributed by atoms with Crippen molar-refractivity contribution in [3.8, 4) is 17.2 Å². The molecule has 0 aliphatic carbocycles. The van der Waals surface area contributed by atoms with Gasteiger partial charge in [0.15, 0.2) is 0 Å². The number of carbonyl (C=O) groups excluding carboxylic acids is 1. The molecule has 0 saturated carbocycles. The highest BCUT2D eigenvalue weighted by Gasteiger charge is 2.19. The summed E-state index contributed by atoms with van der Waals surface area (Å²) >= 11 is 0. The van der Waals surface area contributed by atoms with Gasteiger partial charge in [-0.1, -0.05) is 12.1 Å². The van der Waals surface area contributed by atoms with Gasteiger partial charge >= 0.3 is 0 Å². The highest BCUT2D eigenvalue weighted by atomic mass is 16.5. The van der Waals surface area contributed by atoms with Crippen molar-refractivity contribution in [3.05, 3.63) is 48.0 Å². The minimum Gasteiger partial charge on any atom is -0.497 e. The largest absolute Gasteiger partial charge is 0.497 e. The molecule has 1 amide bonds. The fourth-order valence-corrected chi connectivity index (χ4v) is 2.83. The number of ether oxygens (including phenoxy) is 4. The Morgan fingerprint density at radius 2 is 2.00 bits per heavy atom. The van der Waals surface area contributed by atoms with E-state index in [1.807, 2.05) is 6.07 Å². The van der Waals surface area contributed by atoms with Crippen molar-refractivity contribution in [3.63, 3.8) is 0 Å². The van der Waals surface area contributed by atoms with Crippen molar-refractivity contribution in [2.24, 2.45) is 0 Å². The molecule has 2 aromatic carbocycles. The molecule has 1 saturated heterocycles. The van der Waals surface area contributed by atoms with Gasteiger partial charge in [0.05, 0.1) is 31.6 Å².